The van der Waals surface area contributed by atoms with Crippen molar-refractivity contribution in [3.63, 3.8) is 0 Å². The van der Waals surface area contributed by atoms with E-state index in [1.54, 1.807) is 7.11 Å². The van der Waals surface area contributed by atoms with Crippen molar-refractivity contribution in [2.75, 3.05) is 33.5 Å². The Hall–Kier alpha value is -1.23. The van der Waals surface area contributed by atoms with Crippen LogP contribution in [0, 0.1) is 0 Å². The van der Waals surface area contributed by atoms with Crippen LogP contribution in [-0.2, 0) is 9.47 Å². The van der Waals surface area contributed by atoms with Crippen molar-refractivity contribution < 1.29 is 14.4 Å². The normalized spacial score (nSPS) is 17.7. The molecular formula is C12H17N2O2+. The predicted octanol–water partition coefficient (Wildman–Crippen LogP) is 0.539. The number of nitrogens with zero attached hydrogens (tertiary/aromatic N) is 1. The Kier molecular flexibility index (Phi) is 4.04. The Morgan fingerprint density at radius 2 is 2.06 bits per heavy atom. The van der Waals surface area contributed by atoms with Gasteiger partial charge in [0.05, 0.1) is 19.8 Å². The highest BCUT2D eigenvalue weighted by Gasteiger charge is 2.19. The third-order valence-corrected chi connectivity index (χ3v) is 2.56. The Balaban J connectivity index is 1.78. The molecular weight excluding hydrogens is 204 g/mol. The molecule has 1 aromatic rings. The van der Waals surface area contributed by atoms with Gasteiger partial charge >= 0.3 is 0 Å². The zero-order valence-electron chi connectivity index (χ0n) is 9.48. The zero-order chi connectivity index (χ0) is 11.2. The molecule has 1 N–H and O–H groups in total. The molecule has 0 bridgehead atoms. The molecule has 4 heteroatoms. The average molecular weight is 221 g/mol. The van der Waals surface area contributed by atoms with E-state index in [1.165, 1.54) is 10.6 Å². The molecule has 0 saturated heterocycles. The van der Waals surface area contributed by atoms with Gasteiger partial charge in [0.15, 0.2) is 12.0 Å². The molecule has 1 aliphatic heterocycles. The van der Waals surface area contributed by atoms with Gasteiger partial charge in [0.25, 0.3) is 0 Å². The van der Waals surface area contributed by atoms with Gasteiger partial charge in [-0.05, 0) is 6.07 Å². The maximum absolute atomic E-state index is 5.44. The standard InChI is InChI=1S/C12H16N2O2/c1-15-8-9-16-7-6-14-10-13-11-4-2-3-5-12(11)14/h2-5,10H,6-9H2,1H3/p+1. The summed E-state index contributed by atoms with van der Waals surface area (Å²) in [4.78, 5) is 5.61. The number of hydrogen-bond acceptors (Lipinski definition) is 3. The van der Waals surface area contributed by atoms with E-state index in [4.69, 9.17) is 9.47 Å². The van der Waals surface area contributed by atoms with Crippen LogP contribution in [-0.4, -0.2) is 39.8 Å². The van der Waals surface area contributed by atoms with Gasteiger partial charge in [-0.3, -0.25) is 4.90 Å². The van der Waals surface area contributed by atoms with E-state index in [9.17, 15) is 0 Å². The number of rotatable bonds is 6. The molecule has 16 heavy (non-hydrogen) atoms. The van der Waals surface area contributed by atoms with E-state index < -0.39 is 0 Å². The number of para-hydroxylation sites is 2. The molecule has 0 spiro atoms. The maximum Gasteiger partial charge on any atom is 0.194 e. The maximum atomic E-state index is 5.44. The molecule has 1 atom stereocenters. The Morgan fingerprint density at radius 3 is 2.94 bits per heavy atom. The molecule has 86 valence electrons. The first-order chi connectivity index (χ1) is 7.92. The largest absolute Gasteiger partial charge is 0.382 e. The van der Waals surface area contributed by atoms with Gasteiger partial charge in [-0.15, -0.1) is 0 Å². The van der Waals surface area contributed by atoms with Crippen LogP contribution < -0.4 is 4.90 Å². The molecule has 0 radical (unpaired) electrons. The Morgan fingerprint density at radius 1 is 1.19 bits per heavy atom. The number of methoxy groups -OCH3 is 1. The van der Waals surface area contributed by atoms with Crippen LogP contribution in [0.25, 0.3) is 0 Å². The van der Waals surface area contributed by atoms with E-state index in [2.05, 4.69) is 11.1 Å². The number of benzene rings is 1. The van der Waals surface area contributed by atoms with Crippen molar-refractivity contribution in [2.45, 2.75) is 0 Å². The van der Waals surface area contributed by atoms with E-state index in [1.807, 2.05) is 24.5 Å². The van der Waals surface area contributed by atoms with Gasteiger partial charge in [-0.2, -0.15) is 4.99 Å². The summed E-state index contributed by atoms with van der Waals surface area (Å²) < 4.78 is 10.4. The highest BCUT2D eigenvalue weighted by Crippen LogP contribution is 2.22. The van der Waals surface area contributed by atoms with Crippen LogP contribution >= 0.6 is 0 Å². The molecule has 0 fully saturated rings. The number of hydrogen-bond donors (Lipinski definition) is 1. The molecule has 1 aromatic carbocycles. The van der Waals surface area contributed by atoms with Crippen molar-refractivity contribution in [3.05, 3.63) is 24.3 Å². The van der Waals surface area contributed by atoms with Crippen molar-refractivity contribution in [2.24, 2.45) is 4.99 Å². The smallest absolute Gasteiger partial charge is 0.194 e. The number of quaternary nitrogens is 1. The number of ether oxygens (including phenoxy) is 2. The van der Waals surface area contributed by atoms with E-state index in [-0.39, 0.29) is 0 Å². The molecule has 1 unspecified atom stereocenters. The van der Waals surface area contributed by atoms with Crippen molar-refractivity contribution in [1.29, 1.82) is 0 Å². The second-order valence-corrected chi connectivity index (χ2v) is 3.66. The van der Waals surface area contributed by atoms with Gasteiger partial charge in [0.1, 0.15) is 12.2 Å². The lowest BCUT2D eigenvalue weighted by Gasteiger charge is -2.10. The van der Waals surface area contributed by atoms with Crippen LogP contribution in [0.1, 0.15) is 0 Å². The number of fused-ring (bicyclic) bond motifs is 1. The molecule has 4 nitrogen and oxygen atoms in total. The van der Waals surface area contributed by atoms with Crippen LogP contribution in [0.4, 0.5) is 11.4 Å². The third kappa shape index (κ3) is 2.66. The summed E-state index contributed by atoms with van der Waals surface area (Å²) in [6, 6.07) is 8.19. The van der Waals surface area contributed by atoms with Crippen LogP contribution in [0.3, 0.4) is 0 Å². The lowest BCUT2D eigenvalue weighted by Crippen LogP contribution is -3.05. The molecule has 0 aliphatic carbocycles. The van der Waals surface area contributed by atoms with E-state index in [0.29, 0.717) is 13.2 Å². The molecule has 0 saturated carbocycles. The minimum absolute atomic E-state index is 0.653. The monoisotopic (exact) mass is 221 g/mol. The first kappa shape index (κ1) is 11.3. The Labute approximate surface area is 95.5 Å². The summed E-state index contributed by atoms with van der Waals surface area (Å²) in [6.07, 6.45) is 1.93. The van der Waals surface area contributed by atoms with Crippen LogP contribution in [0.15, 0.2) is 29.3 Å². The summed E-state index contributed by atoms with van der Waals surface area (Å²) in [5.41, 5.74) is 2.30. The van der Waals surface area contributed by atoms with E-state index in [0.717, 1.165) is 18.8 Å². The van der Waals surface area contributed by atoms with Gasteiger partial charge in [-0.25, -0.2) is 0 Å². The summed E-state index contributed by atoms with van der Waals surface area (Å²) in [5, 5.41) is 0. The fourth-order valence-electron chi connectivity index (χ4n) is 1.70. The fourth-order valence-corrected chi connectivity index (χ4v) is 1.70. The minimum atomic E-state index is 0.653. The lowest BCUT2D eigenvalue weighted by molar-refractivity contribution is -0.721. The van der Waals surface area contributed by atoms with Crippen molar-refractivity contribution >= 4 is 17.7 Å². The SMILES string of the molecule is COCCOCC[NH+]1C=Nc2ccccc21. The van der Waals surface area contributed by atoms with E-state index >= 15 is 0 Å². The molecule has 0 amide bonds. The fraction of sp³-hybridized carbons (Fsp3) is 0.417. The lowest BCUT2D eigenvalue weighted by atomic mass is 10.2. The summed E-state index contributed by atoms with van der Waals surface area (Å²) in [6.45, 7) is 2.94. The quantitative estimate of drug-likeness (QED) is 0.712. The van der Waals surface area contributed by atoms with Gasteiger partial charge in [0.2, 0.25) is 0 Å². The number of aliphatic imine (C=N–C) groups is 1. The second kappa shape index (κ2) is 5.75. The summed E-state index contributed by atoms with van der Waals surface area (Å²) in [5.74, 6) is 0. The Bertz CT molecular complexity index is 366. The first-order valence-electron chi connectivity index (χ1n) is 5.48. The average Bonchev–Trinajstić information content (AvgIpc) is 2.73. The van der Waals surface area contributed by atoms with Gasteiger partial charge in [0, 0.05) is 13.2 Å². The van der Waals surface area contributed by atoms with Crippen molar-refractivity contribution in [1.82, 2.24) is 0 Å². The van der Waals surface area contributed by atoms with Crippen LogP contribution in [0.5, 0.6) is 0 Å². The predicted molar refractivity (Wildman–Crippen MR) is 62.8 cm³/mol. The molecule has 1 heterocycles. The molecule has 1 aliphatic rings. The van der Waals surface area contributed by atoms with Gasteiger partial charge in [-0.1, -0.05) is 12.1 Å². The summed E-state index contributed by atoms with van der Waals surface area (Å²) >= 11 is 0. The zero-order valence-corrected chi connectivity index (χ0v) is 9.48. The highest BCUT2D eigenvalue weighted by atomic mass is 16.5. The minimum Gasteiger partial charge on any atom is -0.382 e. The van der Waals surface area contributed by atoms with Crippen LogP contribution in [0.2, 0.25) is 0 Å². The second-order valence-electron chi connectivity index (χ2n) is 3.66. The first-order valence-corrected chi connectivity index (χ1v) is 5.48. The topological polar surface area (TPSA) is 35.3 Å². The summed E-state index contributed by atoms with van der Waals surface area (Å²) in [7, 11) is 1.68. The molecule has 0 aromatic heterocycles. The third-order valence-electron chi connectivity index (χ3n) is 2.56. The van der Waals surface area contributed by atoms with Gasteiger partial charge < -0.3 is 9.47 Å². The van der Waals surface area contributed by atoms with Crippen molar-refractivity contribution in [3.8, 4) is 0 Å². The highest BCUT2D eigenvalue weighted by molar-refractivity contribution is 5.71. The number of nitrogens with one attached hydrogen (secondary N) is 1. The molecule has 2 rings (SSSR count).